The highest BCUT2D eigenvalue weighted by molar-refractivity contribution is 5.55. The standard InChI is InChI=1S/C12H17FN2/c1-2-9-5-6-15(8-9)12-4-3-10(14)7-11(12)13/h3-4,7,9H,2,5-6,8,14H2,1H3. The summed E-state index contributed by atoms with van der Waals surface area (Å²) < 4.78 is 13.6. The molecule has 0 aliphatic carbocycles. The average Bonchev–Trinajstić information content (AvgIpc) is 2.66. The van der Waals surface area contributed by atoms with Crippen LogP contribution in [0.25, 0.3) is 0 Å². The number of benzene rings is 1. The van der Waals surface area contributed by atoms with Crippen LogP contribution in [0.3, 0.4) is 0 Å². The molecule has 0 bridgehead atoms. The van der Waals surface area contributed by atoms with Crippen molar-refractivity contribution in [2.24, 2.45) is 5.92 Å². The monoisotopic (exact) mass is 208 g/mol. The van der Waals surface area contributed by atoms with E-state index in [1.807, 2.05) is 0 Å². The molecule has 0 saturated carbocycles. The highest BCUT2D eigenvalue weighted by Crippen LogP contribution is 2.28. The van der Waals surface area contributed by atoms with Gasteiger partial charge in [-0.05, 0) is 30.5 Å². The third kappa shape index (κ3) is 2.06. The average molecular weight is 208 g/mol. The number of halogens is 1. The Kier molecular flexibility index (Phi) is 2.80. The topological polar surface area (TPSA) is 29.3 Å². The fourth-order valence-corrected chi connectivity index (χ4v) is 2.16. The molecule has 1 aromatic carbocycles. The lowest BCUT2D eigenvalue weighted by molar-refractivity contribution is 0.567. The van der Waals surface area contributed by atoms with E-state index in [1.165, 1.54) is 18.9 Å². The Hall–Kier alpha value is -1.25. The molecule has 0 amide bonds. The summed E-state index contributed by atoms with van der Waals surface area (Å²) in [5.41, 5.74) is 6.70. The van der Waals surface area contributed by atoms with Crippen LogP contribution in [0.5, 0.6) is 0 Å². The van der Waals surface area contributed by atoms with Crippen LogP contribution < -0.4 is 10.6 Å². The van der Waals surface area contributed by atoms with Crippen LogP contribution in [-0.2, 0) is 0 Å². The largest absolute Gasteiger partial charge is 0.399 e. The van der Waals surface area contributed by atoms with E-state index in [4.69, 9.17) is 5.73 Å². The molecule has 0 radical (unpaired) electrons. The number of anilines is 2. The van der Waals surface area contributed by atoms with Gasteiger partial charge >= 0.3 is 0 Å². The molecule has 2 rings (SSSR count). The molecule has 0 aromatic heterocycles. The first-order chi connectivity index (χ1) is 7.20. The second-order valence-corrected chi connectivity index (χ2v) is 4.22. The van der Waals surface area contributed by atoms with E-state index in [0.29, 0.717) is 17.3 Å². The maximum Gasteiger partial charge on any atom is 0.148 e. The van der Waals surface area contributed by atoms with Crippen LogP contribution >= 0.6 is 0 Å². The predicted octanol–water partition coefficient (Wildman–Crippen LogP) is 2.64. The predicted molar refractivity (Wildman–Crippen MR) is 61.4 cm³/mol. The van der Waals surface area contributed by atoms with Crippen LogP contribution in [0.1, 0.15) is 19.8 Å². The smallest absolute Gasteiger partial charge is 0.148 e. The van der Waals surface area contributed by atoms with Gasteiger partial charge in [0.15, 0.2) is 0 Å². The van der Waals surface area contributed by atoms with E-state index in [-0.39, 0.29) is 5.82 Å². The van der Waals surface area contributed by atoms with E-state index in [0.717, 1.165) is 13.1 Å². The summed E-state index contributed by atoms with van der Waals surface area (Å²) in [5, 5.41) is 0. The minimum atomic E-state index is -0.202. The lowest BCUT2D eigenvalue weighted by Crippen LogP contribution is -2.20. The number of nitrogen functional groups attached to an aromatic ring is 1. The fraction of sp³-hybridized carbons (Fsp3) is 0.500. The molecule has 1 atom stereocenters. The first kappa shape index (κ1) is 10.3. The normalized spacial score (nSPS) is 20.9. The zero-order chi connectivity index (χ0) is 10.8. The minimum Gasteiger partial charge on any atom is -0.399 e. The van der Waals surface area contributed by atoms with Crippen molar-refractivity contribution in [1.82, 2.24) is 0 Å². The number of hydrogen-bond donors (Lipinski definition) is 1. The van der Waals surface area contributed by atoms with Gasteiger partial charge in [0, 0.05) is 18.8 Å². The van der Waals surface area contributed by atoms with E-state index in [1.54, 1.807) is 12.1 Å². The van der Waals surface area contributed by atoms with Crippen molar-refractivity contribution in [3.05, 3.63) is 24.0 Å². The summed E-state index contributed by atoms with van der Waals surface area (Å²) in [4.78, 5) is 2.11. The third-order valence-corrected chi connectivity index (χ3v) is 3.18. The molecular formula is C12H17FN2. The molecule has 82 valence electrons. The molecule has 1 unspecified atom stereocenters. The molecule has 0 spiro atoms. The van der Waals surface area contributed by atoms with Crippen molar-refractivity contribution < 1.29 is 4.39 Å². The van der Waals surface area contributed by atoms with Gasteiger partial charge in [0.2, 0.25) is 0 Å². The molecule has 1 aromatic rings. The number of rotatable bonds is 2. The van der Waals surface area contributed by atoms with Crippen LogP contribution in [0.4, 0.5) is 15.8 Å². The molecule has 1 fully saturated rings. The Morgan fingerprint density at radius 3 is 2.93 bits per heavy atom. The quantitative estimate of drug-likeness (QED) is 0.757. The van der Waals surface area contributed by atoms with E-state index in [9.17, 15) is 4.39 Å². The molecule has 2 nitrogen and oxygen atoms in total. The maximum absolute atomic E-state index is 13.6. The van der Waals surface area contributed by atoms with E-state index in [2.05, 4.69) is 11.8 Å². The molecule has 1 saturated heterocycles. The third-order valence-electron chi connectivity index (χ3n) is 3.18. The Labute approximate surface area is 89.9 Å². The summed E-state index contributed by atoms with van der Waals surface area (Å²) in [7, 11) is 0. The van der Waals surface area contributed by atoms with Gasteiger partial charge in [-0.2, -0.15) is 0 Å². The summed E-state index contributed by atoms with van der Waals surface area (Å²) in [6, 6.07) is 4.94. The number of hydrogen-bond acceptors (Lipinski definition) is 2. The van der Waals surface area contributed by atoms with Crippen LogP contribution in [0.2, 0.25) is 0 Å². The Bertz CT molecular complexity index is 351. The van der Waals surface area contributed by atoms with Crippen molar-refractivity contribution in [3.8, 4) is 0 Å². The van der Waals surface area contributed by atoms with Gasteiger partial charge in [0.25, 0.3) is 0 Å². The van der Waals surface area contributed by atoms with Crippen LogP contribution in [0.15, 0.2) is 18.2 Å². The summed E-state index contributed by atoms with van der Waals surface area (Å²) in [5.74, 6) is 0.508. The van der Waals surface area contributed by atoms with Gasteiger partial charge in [-0.3, -0.25) is 0 Å². The lowest BCUT2D eigenvalue weighted by Gasteiger charge is -2.19. The summed E-state index contributed by atoms with van der Waals surface area (Å²) in [6.45, 7) is 4.12. The zero-order valence-electron chi connectivity index (χ0n) is 9.04. The second-order valence-electron chi connectivity index (χ2n) is 4.22. The molecule has 1 aliphatic heterocycles. The summed E-state index contributed by atoms with van der Waals surface area (Å²) in [6.07, 6.45) is 2.34. The highest BCUT2D eigenvalue weighted by atomic mass is 19.1. The van der Waals surface area contributed by atoms with Crippen molar-refractivity contribution in [3.63, 3.8) is 0 Å². The van der Waals surface area contributed by atoms with Gasteiger partial charge < -0.3 is 10.6 Å². The van der Waals surface area contributed by atoms with Crippen LogP contribution in [0, 0.1) is 11.7 Å². The number of nitrogens with two attached hydrogens (primary N) is 1. The molecule has 3 heteroatoms. The Morgan fingerprint density at radius 1 is 1.53 bits per heavy atom. The zero-order valence-corrected chi connectivity index (χ0v) is 9.04. The Balaban J connectivity index is 2.17. The van der Waals surface area contributed by atoms with E-state index >= 15 is 0 Å². The fourth-order valence-electron chi connectivity index (χ4n) is 2.16. The summed E-state index contributed by atoms with van der Waals surface area (Å²) >= 11 is 0. The van der Waals surface area contributed by atoms with Crippen LogP contribution in [-0.4, -0.2) is 13.1 Å². The maximum atomic E-state index is 13.6. The molecule has 2 N–H and O–H groups in total. The van der Waals surface area contributed by atoms with Crippen molar-refractivity contribution in [1.29, 1.82) is 0 Å². The van der Waals surface area contributed by atoms with Crippen molar-refractivity contribution >= 4 is 11.4 Å². The van der Waals surface area contributed by atoms with Gasteiger partial charge in [-0.25, -0.2) is 4.39 Å². The van der Waals surface area contributed by atoms with Gasteiger partial charge in [0.1, 0.15) is 5.82 Å². The van der Waals surface area contributed by atoms with E-state index < -0.39 is 0 Å². The lowest BCUT2D eigenvalue weighted by atomic mass is 10.1. The molecule has 15 heavy (non-hydrogen) atoms. The second kappa shape index (κ2) is 4.09. The van der Waals surface area contributed by atoms with Gasteiger partial charge in [-0.15, -0.1) is 0 Å². The first-order valence-electron chi connectivity index (χ1n) is 5.50. The van der Waals surface area contributed by atoms with Gasteiger partial charge in [-0.1, -0.05) is 13.3 Å². The molecular weight excluding hydrogens is 191 g/mol. The molecule has 1 aliphatic rings. The Morgan fingerprint density at radius 2 is 2.33 bits per heavy atom. The minimum absolute atomic E-state index is 0.202. The van der Waals surface area contributed by atoms with Crippen molar-refractivity contribution in [2.75, 3.05) is 23.7 Å². The SMILES string of the molecule is CCC1CCN(c2ccc(N)cc2F)C1. The highest BCUT2D eigenvalue weighted by Gasteiger charge is 2.22. The first-order valence-corrected chi connectivity index (χ1v) is 5.50. The van der Waals surface area contributed by atoms with Gasteiger partial charge in [0.05, 0.1) is 5.69 Å². The van der Waals surface area contributed by atoms with Crippen molar-refractivity contribution in [2.45, 2.75) is 19.8 Å². The molecule has 1 heterocycles. The number of nitrogens with zero attached hydrogens (tertiary/aromatic N) is 1.